The van der Waals surface area contributed by atoms with Crippen LogP contribution in [-0.4, -0.2) is 30.2 Å². The molecule has 26 heavy (non-hydrogen) atoms. The van der Waals surface area contributed by atoms with Gasteiger partial charge in [0, 0.05) is 23.1 Å². The Kier molecular flexibility index (Phi) is 5.35. The predicted octanol–water partition coefficient (Wildman–Crippen LogP) is 1.66. The maximum absolute atomic E-state index is 12.2. The second kappa shape index (κ2) is 7.68. The molecule has 0 spiro atoms. The van der Waals surface area contributed by atoms with Gasteiger partial charge in [0.2, 0.25) is 5.91 Å². The summed E-state index contributed by atoms with van der Waals surface area (Å²) < 4.78 is 5.14. The van der Waals surface area contributed by atoms with Gasteiger partial charge >= 0.3 is 5.97 Å². The largest absolute Gasteiger partial charge is 0.455 e. The molecule has 0 unspecified atom stereocenters. The van der Waals surface area contributed by atoms with Gasteiger partial charge in [0.05, 0.1) is 5.92 Å². The van der Waals surface area contributed by atoms with Crippen molar-refractivity contribution in [3.05, 3.63) is 29.8 Å². The highest BCUT2D eigenvalue weighted by atomic mass is 16.5. The molecule has 0 saturated heterocycles. The average molecular weight is 358 g/mol. The summed E-state index contributed by atoms with van der Waals surface area (Å²) in [5.41, 5.74) is 5.97. The summed E-state index contributed by atoms with van der Waals surface area (Å²) >= 11 is 0. The van der Waals surface area contributed by atoms with E-state index in [2.05, 4.69) is 5.32 Å². The molecule has 2 fully saturated rings. The molecule has 7 heteroatoms. The Hall–Kier alpha value is -2.70. The second-order valence-corrected chi connectivity index (χ2v) is 6.99. The van der Waals surface area contributed by atoms with Crippen LogP contribution >= 0.6 is 0 Å². The van der Waals surface area contributed by atoms with Crippen LogP contribution in [0.15, 0.2) is 24.3 Å². The molecule has 1 aromatic rings. The molecule has 2 bridgehead atoms. The number of primary amides is 1. The Bertz CT molecular complexity index is 712. The lowest BCUT2D eigenvalue weighted by Gasteiger charge is -2.36. The molecule has 2 aliphatic carbocycles. The first-order chi connectivity index (χ1) is 12.4. The number of amides is 2. The van der Waals surface area contributed by atoms with E-state index in [-0.39, 0.29) is 30.1 Å². The van der Waals surface area contributed by atoms with Gasteiger partial charge in [-0.05, 0) is 49.9 Å². The van der Waals surface area contributed by atoms with Crippen molar-refractivity contribution < 1.29 is 23.9 Å². The number of carbonyl (C=O) groups is 4. The molecule has 2 saturated carbocycles. The minimum atomic E-state index is -0.549. The van der Waals surface area contributed by atoms with Crippen molar-refractivity contribution in [1.29, 1.82) is 0 Å². The quantitative estimate of drug-likeness (QED) is 0.777. The van der Waals surface area contributed by atoms with E-state index in [9.17, 15) is 19.2 Å². The van der Waals surface area contributed by atoms with E-state index in [0.29, 0.717) is 24.1 Å². The van der Waals surface area contributed by atoms with E-state index in [4.69, 9.17) is 10.5 Å². The number of rotatable bonds is 5. The van der Waals surface area contributed by atoms with Crippen LogP contribution < -0.4 is 11.1 Å². The fraction of sp³-hybridized carbons (Fsp3) is 0.474. The highest BCUT2D eigenvalue weighted by Gasteiger charge is 2.41. The van der Waals surface area contributed by atoms with Crippen molar-refractivity contribution in [2.45, 2.75) is 32.1 Å². The molecule has 7 nitrogen and oxygen atoms in total. The molecule has 2 atom stereocenters. The number of nitrogens with two attached hydrogens (primary N) is 1. The van der Waals surface area contributed by atoms with Crippen LogP contribution in [0.3, 0.4) is 0 Å². The Balaban J connectivity index is 1.47. The second-order valence-electron chi connectivity index (χ2n) is 6.99. The van der Waals surface area contributed by atoms with E-state index in [1.807, 2.05) is 0 Å². The van der Waals surface area contributed by atoms with Gasteiger partial charge in [-0.1, -0.05) is 6.42 Å². The van der Waals surface area contributed by atoms with Crippen LogP contribution in [0.1, 0.15) is 42.5 Å². The lowest BCUT2D eigenvalue weighted by atomic mass is 9.67. The Morgan fingerprint density at radius 2 is 1.69 bits per heavy atom. The monoisotopic (exact) mass is 358 g/mol. The van der Waals surface area contributed by atoms with Gasteiger partial charge in [0.1, 0.15) is 5.78 Å². The maximum atomic E-state index is 12.2. The summed E-state index contributed by atoms with van der Waals surface area (Å²) in [6, 6.07) is 6.10. The first-order valence-corrected chi connectivity index (χ1v) is 8.84. The van der Waals surface area contributed by atoms with Crippen molar-refractivity contribution in [2.24, 2.45) is 23.5 Å². The fourth-order valence-corrected chi connectivity index (χ4v) is 3.84. The summed E-state index contributed by atoms with van der Waals surface area (Å²) in [5, 5.41) is 2.59. The summed E-state index contributed by atoms with van der Waals surface area (Å²) in [6.45, 7) is -0.379. The Morgan fingerprint density at radius 1 is 1.08 bits per heavy atom. The van der Waals surface area contributed by atoms with E-state index in [1.165, 1.54) is 12.1 Å². The fourth-order valence-electron chi connectivity index (χ4n) is 3.84. The molecule has 2 aliphatic rings. The number of fused-ring (bicyclic) bond motifs is 2. The number of hydrogen-bond donors (Lipinski definition) is 2. The van der Waals surface area contributed by atoms with Gasteiger partial charge in [0.15, 0.2) is 6.61 Å². The third-order valence-electron chi connectivity index (χ3n) is 5.18. The molecule has 3 N–H and O–H groups in total. The zero-order chi connectivity index (χ0) is 18.7. The van der Waals surface area contributed by atoms with Crippen LogP contribution in [-0.2, 0) is 19.1 Å². The molecule has 138 valence electrons. The van der Waals surface area contributed by atoms with Gasteiger partial charge in [-0.15, -0.1) is 0 Å². The summed E-state index contributed by atoms with van der Waals surface area (Å²) in [7, 11) is 0. The predicted molar refractivity (Wildman–Crippen MR) is 93.1 cm³/mol. The number of ketones is 1. The third kappa shape index (κ3) is 4.09. The molecular formula is C19H22N2O5. The van der Waals surface area contributed by atoms with Crippen LogP contribution in [0, 0.1) is 17.8 Å². The van der Waals surface area contributed by atoms with Gasteiger partial charge in [0.25, 0.3) is 5.91 Å². The SMILES string of the molecule is NC(=O)c1ccc(NC(=O)COC(=O)C2C[C@H]3CCC[C@H](C2)C3=O)cc1. The highest BCUT2D eigenvalue weighted by Crippen LogP contribution is 2.40. The molecule has 1 aromatic carbocycles. The lowest BCUT2D eigenvalue weighted by Crippen LogP contribution is -2.40. The summed E-state index contributed by atoms with van der Waals surface area (Å²) in [6.07, 6.45) is 3.80. The van der Waals surface area contributed by atoms with E-state index in [1.54, 1.807) is 12.1 Å². The minimum absolute atomic E-state index is 0.0300. The number of carbonyl (C=O) groups excluding carboxylic acids is 4. The average Bonchev–Trinajstić information content (AvgIpc) is 2.60. The first kappa shape index (κ1) is 18.1. The number of esters is 1. The van der Waals surface area contributed by atoms with Crippen molar-refractivity contribution in [3.63, 3.8) is 0 Å². The number of ether oxygens (including phenoxy) is 1. The summed E-state index contributed by atoms with van der Waals surface area (Å²) in [4.78, 5) is 47.3. The van der Waals surface area contributed by atoms with Crippen molar-refractivity contribution in [2.75, 3.05) is 11.9 Å². The minimum Gasteiger partial charge on any atom is -0.455 e. The topological polar surface area (TPSA) is 116 Å². The standard InChI is InChI=1S/C19H22N2O5/c20-18(24)11-4-6-15(7-5-11)21-16(22)10-26-19(25)14-8-12-2-1-3-13(9-14)17(12)23/h4-7,12-14H,1-3,8-10H2,(H2,20,24)(H,21,22)/t12-,13-/m1/s1. The first-order valence-electron chi connectivity index (χ1n) is 8.84. The number of hydrogen-bond acceptors (Lipinski definition) is 5. The van der Waals surface area contributed by atoms with E-state index in [0.717, 1.165) is 19.3 Å². The number of nitrogens with one attached hydrogen (secondary N) is 1. The number of Topliss-reactive ketones (excluding diaryl/α,β-unsaturated/α-hetero) is 1. The van der Waals surface area contributed by atoms with Crippen molar-refractivity contribution in [3.8, 4) is 0 Å². The van der Waals surface area contributed by atoms with Gasteiger partial charge in [-0.2, -0.15) is 0 Å². The van der Waals surface area contributed by atoms with Crippen LogP contribution in [0.25, 0.3) is 0 Å². The van der Waals surface area contributed by atoms with Crippen LogP contribution in [0.4, 0.5) is 5.69 Å². The zero-order valence-electron chi connectivity index (χ0n) is 14.4. The highest BCUT2D eigenvalue weighted by molar-refractivity contribution is 5.95. The molecular weight excluding hydrogens is 336 g/mol. The molecule has 3 rings (SSSR count). The Morgan fingerprint density at radius 3 is 2.27 bits per heavy atom. The maximum Gasteiger partial charge on any atom is 0.309 e. The van der Waals surface area contributed by atoms with Gasteiger partial charge in [-0.25, -0.2) is 0 Å². The smallest absolute Gasteiger partial charge is 0.309 e. The van der Waals surface area contributed by atoms with Gasteiger partial charge in [-0.3, -0.25) is 19.2 Å². The number of anilines is 1. The molecule has 2 amide bonds. The van der Waals surface area contributed by atoms with Crippen LogP contribution in [0.2, 0.25) is 0 Å². The normalized spacial score (nSPS) is 24.6. The van der Waals surface area contributed by atoms with Crippen LogP contribution in [0.5, 0.6) is 0 Å². The Labute approximate surface area is 151 Å². The van der Waals surface area contributed by atoms with E-state index < -0.39 is 17.8 Å². The molecule has 0 radical (unpaired) electrons. The summed E-state index contributed by atoms with van der Waals surface area (Å²) in [5.74, 6) is -1.49. The molecule has 0 aromatic heterocycles. The number of benzene rings is 1. The molecule has 0 aliphatic heterocycles. The lowest BCUT2D eigenvalue weighted by molar-refractivity contribution is -0.155. The van der Waals surface area contributed by atoms with Gasteiger partial charge < -0.3 is 15.8 Å². The molecule has 0 heterocycles. The van der Waals surface area contributed by atoms with Crippen molar-refractivity contribution in [1.82, 2.24) is 0 Å². The zero-order valence-corrected chi connectivity index (χ0v) is 14.4. The van der Waals surface area contributed by atoms with E-state index >= 15 is 0 Å². The third-order valence-corrected chi connectivity index (χ3v) is 5.18. The van der Waals surface area contributed by atoms with Crippen molar-refractivity contribution >= 4 is 29.3 Å².